The van der Waals surface area contributed by atoms with Crippen LogP contribution in [0.25, 0.3) is 21.8 Å². The van der Waals surface area contributed by atoms with Crippen molar-refractivity contribution in [2.75, 3.05) is 19.6 Å². The van der Waals surface area contributed by atoms with E-state index < -0.39 is 0 Å². The predicted octanol–water partition coefficient (Wildman–Crippen LogP) is 4.52. The molecule has 0 radical (unpaired) electrons. The van der Waals surface area contributed by atoms with E-state index in [0.717, 1.165) is 18.7 Å². The Bertz CT molecular complexity index is 1030. The van der Waals surface area contributed by atoms with Gasteiger partial charge in [-0.2, -0.15) is 0 Å². The van der Waals surface area contributed by atoms with Crippen molar-refractivity contribution >= 4 is 21.8 Å². The molecule has 4 heteroatoms. The Kier molecular flexibility index (Phi) is 4.52. The summed E-state index contributed by atoms with van der Waals surface area (Å²) in [5.74, 6) is 1.61. The Balaban J connectivity index is 1.55. The molecule has 3 fully saturated rings. The van der Waals surface area contributed by atoms with Crippen LogP contribution in [-0.4, -0.2) is 35.2 Å². The molecule has 4 nitrogen and oxygen atoms in total. The number of rotatable bonds is 5. The molecule has 0 aliphatic carbocycles. The van der Waals surface area contributed by atoms with E-state index in [1.54, 1.807) is 0 Å². The number of piperidine rings is 3. The lowest BCUT2D eigenvalue weighted by Gasteiger charge is -2.47. The van der Waals surface area contributed by atoms with Crippen LogP contribution in [0.2, 0.25) is 0 Å². The summed E-state index contributed by atoms with van der Waals surface area (Å²) < 4.78 is 9.01. The second kappa shape index (κ2) is 7.17. The second-order valence-corrected chi connectivity index (χ2v) is 8.07. The van der Waals surface area contributed by atoms with Gasteiger partial charge in [0, 0.05) is 47.9 Å². The highest BCUT2D eigenvalue weighted by Gasteiger charge is 2.39. The van der Waals surface area contributed by atoms with Crippen LogP contribution in [0.5, 0.6) is 5.75 Å². The van der Waals surface area contributed by atoms with Gasteiger partial charge in [0.25, 0.3) is 0 Å². The van der Waals surface area contributed by atoms with E-state index in [-0.39, 0.29) is 6.10 Å². The monoisotopic (exact) mass is 375 g/mol. The van der Waals surface area contributed by atoms with Crippen LogP contribution in [0.3, 0.4) is 0 Å². The maximum atomic E-state index is 6.61. The largest absolute Gasteiger partial charge is 0.484 e. The Morgan fingerprint density at radius 1 is 1.07 bits per heavy atom. The van der Waals surface area contributed by atoms with Gasteiger partial charge in [-0.3, -0.25) is 0 Å². The number of benzene rings is 2. The first-order valence-corrected chi connectivity index (χ1v) is 10.6. The molecule has 0 spiro atoms. The molecule has 2 N–H and O–H groups in total. The minimum atomic E-state index is 0.187. The number of nitrogens with two attached hydrogens (primary N) is 1. The Morgan fingerprint density at radius 3 is 2.64 bits per heavy atom. The second-order valence-electron chi connectivity index (χ2n) is 8.07. The summed E-state index contributed by atoms with van der Waals surface area (Å²) in [6.45, 7) is 6.13. The molecule has 28 heavy (non-hydrogen) atoms. The highest BCUT2D eigenvalue weighted by atomic mass is 16.5. The van der Waals surface area contributed by atoms with Crippen LogP contribution < -0.4 is 10.5 Å². The summed E-state index contributed by atoms with van der Waals surface area (Å²) in [4.78, 5) is 2.50. The fourth-order valence-corrected chi connectivity index (χ4v) is 5.12. The van der Waals surface area contributed by atoms with Gasteiger partial charge in [0.1, 0.15) is 11.9 Å². The van der Waals surface area contributed by atoms with E-state index in [9.17, 15) is 0 Å². The molecule has 0 amide bonds. The molecule has 1 unspecified atom stereocenters. The van der Waals surface area contributed by atoms with Crippen molar-refractivity contribution in [1.82, 2.24) is 9.47 Å². The fraction of sp³-hybridized carbons (Fsp3) is 0.417. The third-order valence-electron chi connectivity index (χ3n) is 6.51. The number of para-hydroxylation sites is 1. The van der Waals surface area contributed by atoms with Gasteiger partial charge in [-0.1, -0.05) is 24.3 Å². The van der Waals surface area contributed by atoms with Gasteiger partial charge in [0.2, 0.25) is 0 Å². The van der Waals surface area contributed by atoms with Crippen LogP contribution in [-0.2, 0) is 6.54 Å². The summed E-state index contributed by atoms with van der Waals surface area (Å²) in [5.41, 5.74) is 9.69. The minimum absolute atomic E-state index is 0.187. The first-order chi connectivity index (χ1) is 13.8. The van der Waals surface area contributed by atoms with E-state index in [1.807, 2.05) is 0 Å². The maximum Gasteiger partial charge on any atom is 0.141 e. The Morgan fingerprint density at radius 2 is 1.86 bits per heavy atom. The van der Waals surface area contributed by atoms with Crippen molar-refractivity contribution in [3.05, 3.63) is 54.2 Å². The molecule has 1 aromatic heterocycles. The quantitative estimate of drug-likeness (QED) is 0.713. The molecule has 2 aromatic carbocycles. The van der Waals surface area contributed by atoms with Crippen molar-refractivity contribution in [1.29, 1.82) is 0 Å². The van der Waals surface area contributed by atoms with Crippen LogP contribution in [0, 0.1) is 5.92 Å². The number of nitrogens with zero attached hydrogens (tertiary/aromatic N) is 2. The molecular weight excluding hydrogens is 346 g/mol. The molecule has 3 aromatic rings. The van der Waals surface area contributed by atoms with Crippen molar-refractivity contribution < 1.29 is 4.74 Å². The number of fused-ring (bicyclic) bond motifs is 6. The van der Waals surface area contributed by atoms with Crippen LogP contribution in [0.4, 0.5) is 0 Å². The smallest absolute Gasteiger partial charge is 0.141 e. The maximum absolute atomic E-state index is 6.61. The van der Waals surface area contributed by atoms with Crippen LogP contribution >= 0.6 is 0 Å². The normalized spacial score (nSPS) is 23.2. The van der Waals surface area contributed by atoms with E-state index in [1.165, 1.54) is 53.4 Å². The molecule has 2 bridgehead atoms. The number of hydrogen-bond acceptors (Lipinski definition) is 3. The Labute approximate surface area is 166 Å². The third-order valence-corrected chi connectivity index (χ3v) is 6.51. The summed E-state index contributed by atoms with van der Waals surface area (Å²) >= 11 is 0. The summed E-state index contributed by atoms with van der Waals surface area (Å²) in [6.07, 6.45) is 5.88. The number of hydrogen-bond donors (Lipinski definition) is 1. The lowest BCUT2D eigenvalue weighted by molar-refractivity contribution is 0.0352. The molecule has 1 atom stereocenters. The predicted molar refractivity (Wildman–Crippen MR) is 116 cm³/mol. The number of ether oxygens (including phenoxy) is 1. The van der Waals surface area contributed by atoms with Crippen molar-refractivity contribution in [2.45, 2.75) is 38.8 Å². The van der Waals surface area contributed by atoms with Crippen molar-refractivity contribution in [3.8, 4) is 5.75 Å². The van der Waals surface area contributed by atoms with Crippen LogP contribution in [0.15, 0.2) is 54.2 Å². The van der Waals surface area contributed by atoms with Gasteiger partial charge in [-0.15, -0.1) is 0 Å². The topological polar surface area (TPSA) is 43.4 Å². The zero-order valence-corrected chi connectivity index (χ0v) is 16.6. The van der Waals surface area contributed by atoms with Gasteiger partial charge in [0.15, 0.2) is 0 Å². The number of aromatic nitrogens is 1. The van der Waals surface area contributed by atoms with Crippen molar-refractivity contribution in [2.24, 2.45) is 11.7 Å². The number of aryl methyl sites for hydroxylation is 1. The standard InChI is InChI=1S/C24H29N3O/c1-2-21-24(17-10-14-26(21)15-11-17)28-18-8-9-20-19-6-3-4-7-22(19)27(13-5-12-25)23(20)16-18/h2-4,6-9,16-17,24H,5,10-15,25H2,1H3. The summed E-state index contributed by atoms with van der Waals surface area (Å²) in [5, 5.41) is 2.60. The lowest BCUT2D eigenvalue weighted by atomic mass is 9.83. The van der Waals surface area contributed by atoms with Gasteiger partial charge < -0.3 is 19.9 Å². The zero-order chi connectivity index (χ0) is 19.1. The molecule has 0 saturated carbocycles. The highest BCUT2D eigenvalue weighted by Crippen LogP contribution is 2.38. The average Bonchev–Trinajstić information content (AvgIpc) is 3.06. The van der Waals surface area contributed by atoms with Crippen LogP contribution in [0.1, 0.15) is 26.2 Å². The summed E-state index contributed by atoms with van der Waals surface area (Å²) in [7, 11) is 0. The van der Waals surface area contributed by atoms with E-state index >= 15 is 0 Å². The first-order valence-electron chi connectivity index (χ1n) is 10.6. The number of allylic oxidation sites excluding steroid dienone is 1. The van der Waals surface area contributed by atoms with Gasteiger partial charge >= 0.3 is 0 Å². The molecule has 3 aliphatic rings. The third kappa shape index (κ3) is 2.78. The molecular formula is C24H29N3O. The zero-order valence-electron chi connectivity index (χ0n) is 16.6. The fourth-order valence-electron chi connectivity index (χ4n) is 5.12. The van der Waals surface area contributed by atoms with Gasteiger partial charge in [-0.25, -0.2) is 0 Å². The van der Waals surface area contributed by atoms with Gasteiger partial charge in [0.05, 0.1) is 11.2 Å². The summed E-state index contributed by atoms with van der Waals surface area (Å²) in [6, 6.07) is 15.3. The SMILES string of the molecule is CC=C1C(Oc2ccc3c4ccccc4n(CCCN)c3c2)C2CCN1CC2. The Hall–Kier alpha value is -2.46. The van der Waals surface area contributed by atoms with E-state index in [4.69, 9.17) is 10.5 Å². The molecule has 3 aliphatic heterocycles. The molecule has 146 valence electrons. The minimum Gasteiger partial charge on any atom is -0.484 e. The lowest BCUT2D eigenvalue weighted by Crippen LogP contribution is -2.50. The average molecular weight is 376 g/mol. The first kappa shape index (κ1) is 17.6. The van der Waals surface area contributed by atoms with E-state index in [0.29, 0.717) is 12.5 Å². The highest BCUT2D eigenvalue weighted by molar-refractivity contribution is 6.08. The van der Waals surface area contributed by atoms with Crippen molar-refractivity contribution in [3.63, 3.8) is 0 Å². The van der Waals surface area contributed by atoms with Gasteiger partial charge in [-0.05, 0) is 50.9 Å². The molecule has 4 heterocycles. The molecule has 6 rings (SSSR count). The van der Waals surface area contributed by atoms with E-state index in [2.05, 4.69) is 64.9 Å². The molecule has 3 saturated heterocycles.